The Morgan fingerprint density at radius 1 is 1.05 bits per heavy atom. The zero-order valence-corrected chi connectivity index (χ0v) is 12.0. The van der Waals surface area contributed by atoms with Crippen molar-refractivity contribution in [1.82, 2.24) is 0 Å². The van der Waals surface area contributed by atoms with Gasteiger partial charge in [-0.3, -0.25) is 9.52 Å². The van der Waals surface area contributed by atoms with Gasteiger partial charge in [0, 0.05) is 11.3 Å². The molecule has 0 aliphatic heterocycles. The van der Waals surface area contributed by atoms with Crippen molar-refractivity contribution in [2.24, 2.45) is 0 Å². The summed E-state index contributed by atoms with van der Waals surface area (Å²) in [6, 6.07) is 12.3. The second-order valence-corrected chi connectivity index (χ2v) is 6.17. The van der Waals surface area contributed by atoms with E-state index in [1.54, 1.807) is 18.2 Å². The van der Waals surface area contributed by atoms with Crippen LogP contribution in [0, 0.1) is 0 Å². The Bertz CT molecular complexity index is 755. The third kappa shape index (κ3) is 4.22. The predicted octanol–water partition coefficient (Wildman–Crippen LogP) is 2.02. The number of benzene rings is 2. The van der Waals surface area contributed by atoms with Crippen molar-refractivity contribution in [2.75, 3.05) is 16.3 Å². The molecule has 0 saturated carbocycles. The first kappa shape index (κ1) is 14.9. The van der Waals surface area contributed by atoms with Gasteiger partial charge in [0.2, 0.25) is 10.0 Å². The lowest BCUT2D eigenvalue weighted by Crippen LogP contribution is -2.13. The number of hydrogen-bond donors (Lipinski definition) is 3. The average molecular weight is 306 g/mol. The van der Waals surface area contributed by atoms with Crippen molar-refractivity contribution < 1.29 is 18.3 Å². The van der Waals surface area contributed by atoms with Crippen LogP contribution >= 0.6 is 0 Å². The molecule has 0 aliphatic carbocycles. The Labute approximate surface area is 122 Å². The van der Waals surface area contributed by atoms with E-state index in [0.29, 0.717) is 16.9 Å². The van der Waals surface area contributed by atoms with Crippen LogP contribution in [0.25, 0.3) is 0 Å². The van der Waals surface area contributed by atoms with E-state index >= 15 is 0 Å². The third-order valence-corrected chi connectivity index (χ3v) is 3.21. The number of phenols is 1. The third-order valence-electron chi connectivity index (χ3n) is 2.60. The number of para-hydroxylation sites is 2. The number of anilines is 2. The quantitative estimate of drug-likeness (QED) is 0.753. The number of carbonyl (C=O) groups excluding carboxylic acids is 1. The van der Waals surface area contributed by atoms with E-state index in [0.717, 1.165) is 6.26 Å². The predicted molar refractivity (Wildman–Crippen MR) is 81.0 cm³/mol. The second kappa shape index (κ2) is 5.84. The molecular weight excluding hydrogens is 292 g/mol. The molecule has 2 aromatic carbocycles. The molecule has 110 valence electrons. The van der Waals surface area contributed by atoms with Gasteiger partial charge in [0.05, 0.1) is 11.9 Å². The summed E-state index contributed by atoms with van der Waals surface area (Å²) >= 11 is 0. The Hall–Kier alpha value is -2.54. The fraction of sp³-hybridized carbons (Fsp3) is 0.0714. The van der Waals surface area contributed by atoms with Gasteiger partial charge >= 0.3 is 0 Å². The topological polar surface area (TPSA) is 95.5 Å². The summed E-state index contributed by atoms with van der Waals surface area (Å²) in [6.45, 7) is 0. The highest BCUT2D eigenvalue weighted by atomic mass is 32.2. The fourth-order valence-electron chi connectivity index (χ4n) is 1.68. The standard InChI is InChI=1S/C14H14N2O4S/c1-21(19,20)16-11-8-6-10(7-9-11)14(18)15-12-4-2-3-5-13(12)17/h2-9,16-17H,1H3,(H,15,18). The van der Waals surface area contributed by atoms with Crippen molar-refractivity contribution in [1.29, 1.82) is 0 Å². The van der Waals surface area contributed by atoms with Crippen LogP contribution in [0.1, 0.15) is 10.4 Å². The number of sulfonamides is 1. The maximum absolute atomic E-state index is 12.0. The lowest BCUT2D eigenvalue weighted by Gasteiger charge is -2.08. The Balaban J connectivity index is 2.12. The molecule has 7 heteroatoms. The summed E-state index contributed by atoms with van der Waals surface area (Å²) in [4.78, 5) is 12.0. The van der Waals surface area contributed by atoms with Crippen LogP contribution in [-0.4, -0.2) is 25.7 Å². The lowest BCUT2D eigenvalue weighted by molar-refractivity contribution is 0.102. The second-order valence-electron chi connectivity index (χ2n) is 4.42. The molecule has 6 nitrogen and oxygen atoms in total. The van der Waals surface area contributed by atoms with Crippen molar-refractivity contribution in [2.45, 2.75) is 0 Å². The highest BCUT2D eigenvalue weighted by Crippen LogP contribution is 2.22. The molecule has 0 aliphatic rings. The van der Waals surface area contributed by atoms with E-state index in [1.165, 1.54) is 30.3 Å². The van der Waals surface area contributed by atoms with Crippen LogP contribution in [0.4, 0.5) is 11.4 Å². The van der Waals surface area contributed by atoms with Crippen molar-refractivity contribution in [3.8, 4) is 5.75 Å². The normalized spacial score (nSPS) is 10.9. The molecule has 2 rings (SSSR count). The van der Waals surface area contributed by atoms with Crippen LogP contribution in [0.3, 0.4) is 0 Å². The minimum atomic E-state index is -3.35. The molecule has 2 aromatic rings. The number of nitrogens with one attached hydrogen (secondary N) is 2. The van der Waals surface area contributed by atoms with Crippen molar-refractivity contribution in [3.63, 3.8) is 0 Å². The van der Waals surface area contributed by atoms with Gasteiger partial charge in [-0.15, -0.1) is 0 Å². The zero-order valence-electron chi connectivity index (χ0n) is 11.2. The van der Waals surface area contributed by atoms with Gasteiger partial charge in [-0.05, 0) is 36.4 Å². The Morgan fingerprint density at radius 2 is 1.67 bits per heavy atom. The molecule has 21 heavy (non-hydrogen) atoms. The van der Waals surface area contributed by atoms with Crippen LogP contribution in [0.5, 0.6) is 5.75 Å². The first-order valence-corrected chi connectivity index (χ1v) is 7.91. The smallest absolute Gasteiger partial charge is 0.255 e. The number of aromatic hydroxyl groups is 1. The number of amides is 1. The Morgan fingerprint density at radius 3 is 2.24 bits per heavy atom. The largest absolute Gasteiger partial charge is 0.506 e. The number of phenolic OH excluding ortho intramolecular Hbond substituents is 1. The van der Waals surface area contributed by atoms with Gasteiger partial charge in [-0.2, -0.15) is 0 Å². The molecule has 0 bridgehead atoms. The van der Waals surface area contributed by atoms with Gasteiger partial charge < -0.3 is 10.4 Å². The summed E-state index contributed by atoms with van der Waals surface area (Å²) in [5, 5.41) is 12.2. The minimum absolute atomic E-state index is 0.0267. The number of carbonyl (C=O) groups is 1. The van der Waals surface area contributed by atoms with E-state index in [2.05, 4.69) is 10.0 Å². The Kier molecular flexibility index (Phi) is 4.13. The molecule has 0 radical (unpaired) electrons. The lowest BCUT2D eigenvalue weighted by atomic mass is 10.2. The van der Waals surface area contributed by atoms with Gasteiger partial charge in [-0.25, -0.2) is 8.42 Å². The molecule has 3 N–H and O–H groups in total. The summed E-state index contributed by atoms with van der Waals surface area (Å²) in [5.41, 5.74) is 1.02. The summed E-state index contributed by atoms with van der Waals surface area (Å²) in [5.74, 6) is -0.427. The van der Waals surface area contributed by atoms with Crippen LogP contribution < -0.4 is 10.0 Å². The van der Waals surface area contributed by atoms with Gasteiger partial charge in [-0.1, -0.05) is 12.1 Å². The maximum Gasteiger partial charge on any atom is 0.255 e. The van der Waals surface area contributed by atoms with Crippen LogP contribution in [0.15, 0.2) is 48.5 Å². The first-order chi connectivity index (χ1) is 9.85. The number of rotatable bonds is 4. The van der Waals surface area contributed by atoms with Crippen LogP contribution in [-0.2, 0) is 10.0 Å². The summed E-state index contributed by atoms with van der Waals surface area (Å²) in [7, 11) is -3.35. The van der Waals surface area contributed by atoms with E-state index in [1.807, 2.05) is 0 Å². The van der Waals surface area contributed by atoms with E-state index in [9.17, 15) is 18.3 Å². The molecule has 0 spiro atoms. The maximum atomic E-state index is 12.0. The average Bonchev–Trinajstić information content (AvgIpc) is 2.40. The molecular formula is C14H14N2O4S. The monoisotopic (exact) mass is 306 g/mol. The fourth-order valence-corrected chi connectivity index (χ4v) is 2.24. The first-order valence-electron chi connectivity index (χ1n) is 6.02. The van der Waals surface area contributed by atoms with E-state index in [-0.39, 0.29) is 5.75 Å². The van der Waals surface area contributed by atoms with Gasteiger partial charge in [0.15, 0.2) is 0 Å². The molecule has 0 fully saturated rings. The van der Waals surface area contributed by atoms with E-state index < -0.39 is 15.9 Å². The highest BCUT2D eigenvalue weighted by molar-refractivity contribution is 7.92. The summed E-state index contributed by atoms with van der Waals surface area (Å²) in [6.07, 6.45) is 1.05. The molecule has 0 heterocycles. The zero-order chi connectivity index (χ0) is 15.5. The van der Waals surface area contributed by atoms with Gasteiger partial charge in [0.1, 0.15) is 5.75 Å². The number of hydrogen-bond acceptors (Lipinski definition) is 4. The summed E-state index contributed by atoms with van der Waals surface area (Å²) < 4.78 is 24.5. The highest BCUT2D eigenvalue weighted by Gasteiger charge is 2.09. The van der Waals surface area contributed by atoms with Gasteiger partial charge in [0.25, 0.3) is 5.91 Å². The van der Waals surface area contributed by atoms with E-state index in [4.69, 9.17) is 0 Å². The molecule has 0 unspecified atom stereocenters. The molecule has 0 aromatic heterocycles. The van der Waals surface area contributed by atoms with Crippen LogP contribution in [0.2, 0.25) is 0 Å². The molecule has 0 atom stereocenters. The van der Waals surface area contributed by atoms with Crippen molar-refractivity contribution >= 4 is 27.3 Å². The minimum Gasteiger partial charge on any atom is -0.506 e. The van der Waals surface area contributed by atoms with Crippen molar-refractivity contribution in [3.05, 3.63) is 54.1 Å². The molecule has 0 saturated heterocycles. The molecule has 1 amide bonds. The SMILES string of the molecule is CS(=O)(=O)Nc1ccc(C(=O)Nc2ccccc2O)cc1.